The zero-order valence-corrected chi connectivity index (χ0v) is 25.2. The zero-order chi connectivity index (χ0) is 31.8. The normalized spacial score (nSPS) is 19.2. The van der Waals surface area contributed by atoms with Crippen molar-refractivity contribution in [1.82, 2.24) is 24.9 Å². The third-order valence-electron chi connectivity index (χ3n) is 8.89. The SMILES string of the molecule is CC(C)n1nccc1C(=O)N[C@H](C(=O)Nc1ccc([C@H](C)C(=O)N2CCN(CC(F)(F)F)CC2)cc1F)C(C1CC1)C1CC1. The van der Waals surface area contributed by atoms with Gasteiger partial charge in [0.15, 0.2) is 0 Å². The maximum absolute atomic E-state index is 15.4. The molecular weight excluding hydrogens is 580 g/mol. The molecule has 2 aromatic rings. The van der Waals surface area contributed by atoms with Crippen LogP contribution < -0.4 is 10.6 Å². The van der Waals surface area contributed by atoms with Gasteiger partial charge in [-0.05, 0) is 88.0 Å². The first-order valence-electron chi connectivity index (χ1n) is 15.3. The number of carbonyl (C=O) groups excluding carboxylic acids is 3. The van der Waals surface area contributed by atoms with Crippen LogP contribution >= 0.6 is 0 Å². The van der Waals surface area contributed by atoms with Crippen molar-refractivity contribution < 1.29 is 31.9 Å². The highest BCUT2D eigenvalue weighted by Crippen LogP contribution is 2.51. The van der Waals surface area contributed by atoms with E-state index in [4.69, 9.17) is 0 Å². The first kappa shape index (κ1) is 31.9. The van der Waals surface area contributed by atoms with E-state index in [0.717, 1.165) is 25.7 Å². The molecule has 0 radical (unpaired) electrons. The second-order valence-electron chi connectivity index (χ2n) is 12.6. The second kappa shape index (κ2) is 12.9. The molecule has 2 aliphatic carbocycles. The molecule has 1 aromatic carbocycles. The molecule has 3 amide bonds. The summed E-state index contributed by atoms with van der Waals surface area (Å²) in [6.45, 7) is 4.96. The van der Waals surface area contributed by atoms with Gasteiger partial charge in [-0.25, -0.2) is 4.39 Å². The van der Waals surface area contributed by atoms with E-state index in [2.05, 4.69) is 15.7 Å². The van der Waals surface area contributed by atoms with Crippen LogP contribution in [0.4, 0.5) is 23.2 Å². The van der Waals surface area contributed by atoms with Crippen LogP contribution in [0.3, 0.4) is 0 Å². The Morgan fingerprint density at radius 2 is 1.61 bits per heavy atom. The number of amides is 3. The molecule has 2 heterocycles. The maximum atomic E-state index is 15.4. The first-order chi connectivity index (χ1) is 20.8. The van der Waals surface area contributed by atoms with Gasteiger partial charge >= 0.3 is 6.18 Å². The predicted molar refractivity (Wildman–Crippen MR) is 155 cm³/mol. The van der Waals surface area contributed by atoms with Gasteiger partial charge in [-0.2, -0.15) is 18.3 Å². The summed E-state index contributed by atoms with van der Waals surface area (Å²) < 4.78 is 55.1. The van der Waals surface area contributed by atoms with Crippen LogP contribution in [-0.2, 0) is 9.59 Å². The van der Waals surface area contributed by atoms with E-state index in [1.165, 1.54) is 21.9 Å². The highest BCUT2D eigenvalue weighted by atomic mass is 19.4. The maximum Gasteiger partial charge on any atom is 0.401 e. The van der Waals surface area contributed by atoms with Crippen LogP contribution in [0.15, 0.2) is 30.5 Å². The van der Waals surface area contributed by atoms with Gasteiger partial charge < -0.3 is 15.5 Å². The number of hydrogen-bond acceptors (Lipinski definition) is 5. The van der Waals surface area contributed by atoms with E-state index in [-0.39, 0.29) is 49.7 Å². The summed E-state index contributed by atoms with van der Waals surface area (Å²) >= 11 is 0. The second-order valence-corrected chi connectivity index (χ2v) is 12.6. The number of aromatic nitrogens is 2. The fraction of sp³-hybridized carbons (Fsp3) is 0.613. The number of rotatable bonds is 11. The molecular formula is C31H40F4N6O3. The van der Waals surface area contributed by atoms with Crippen LogP contribution in [0.2, 0.25) is 0 Å². The van der Waals surface area contributed by atoms with Crippen molar-refractivity contribution >= 4 is 23.4 Å². The van der Waals surface area contributed by atoms with E-state index in [9.17, 15) is 27.6 Å². The van der Waals surface area contributed by atoms with E-state index in [0.29, 0.717) is 23.1 Å². The lowest BCUT2D eigenvalue weighted by atomic mass is 9.88. The summed E-state index contributed by atoms with van der Waals surface area (Å²) in [6.07, 6.45) is 1.18. The largest absolute Gasteiger partial charge is 0.401 e. The number of nitrogens with zero attached hydrogens (tertiary/aromatic N) is 4. The van der Waals surface area contributed by atoms with Crippen molar-refractivity contribution in [1.29, 1.82) is 0 Å². The molecule has 240 valence electrons. The summed E-state index contributed by atoms with van der Waals surface area (Å²) in [5.41, 5.74) is 0.680. The van der Waals surface area contributed by atoms with Gasteiger partial charge in [-0.15, -0.1) is 0 Å². The van der Waals surface area contributed by atoms with E-state index < -0.39 is 42.3 Å². The monoisotopic (exact) mass is 620 g/mol. The Labute approximate surface area is 254 Å². The highest BCUT2D eigenvalue weighted by Gasteiger charge is 2.48. The Kier molecular flexibility index (Phi) is 9.33. The number of hydrogen-bond donors (Lipinski definition) is 2. The Morgan fingerprint density at radius 1 is 0.977 bits per heavy atom. The summed E-state index contributed by atoms with van der Waals surface area (Å²) in [5.74, 6) is -2.06. The van der Waals surface area contributed by atoms with E-state index >= 15 is 4.39 Å². The molecule has 1 aliphatic heterocycles. The summed E-state index contributed by atoms with van der Waals surface area (Å²) in [4.78, 5) is 42.9. The molecule has 9 nitrogen and oxygen atoms in total. The predicted octanol–water partition coefficient (Wildman–Crippen LogP) is 4.59. The summed E-state index contributed by atoms with van der Waals surface area (Å²) in [6, 6.07) is 4.87. The molecule has 2 atom stereocenters. The Morgan fingerprint density at radius 3 is 2.16 bits per heavy atom. The van der Waals surface area contributed by atoms with Crippen LogP contribution in [0, 0.1) is 23.6 Å². The zero-order valence-electron chi connectivity index (χ0n) is 25.2. The Bertz CT molecular complexity index is 1350. The summed E-state index contributed by atoms with van der Waals surface area (Å²) in [7, 11) is 0. The average Bonchev–Trinajstić information content (AvgIpc) is 3.91. The quantitative estimate of drug-likeness (QED) is 0.359. The molecule has 1 saturated heterocycles. The molecule has 2 N–H and O–H groups in total. The lowest BCUT2D eigenvalue weighted by Crippen LogP contribution is -2.51. The number of alkyl halides is 3. The average molecular weight is 621 g/mol. The van der Waals surface area contributed by atoms with Crippen LogP contribution in [-0.4, -0.2) is 82.2 Å². The van der Waals surface area contributed by atoms with Gasteiger partial charge in [0.2, 0.25) is 11.8 Å². The number of piperazine rings is 1. The van der Waals surface area contributed by atoms with Gasteiger partial charge in [-0.3, -0.25) is 24.0 Å². The van der Waals surface area contributed by atoms with Crippen molar-refractivity contribution in [3.63, 3.8) is 0 Å². The highest BCUT2D eigenvalue weighted by molar-refractivity contribution is 6.01. The number of carbonyl (C=O) groups is 3. The van der Waals surface area contributed by atoms with Crippen molar-refractivity contribution in [3.05, 3.63) is 47.5 Å². The molecule has 0 bridgehead atoms. The van der Waals surface area contributed by atoms with E-state index in [1.807, 2.05) is 13.8 Å². The molecule has 0 unspecified atom stereocenters. The lowest BCUT2D eigenvalue weighted by molar-refractivity contribution is -0.152. The Balaban J connectivity index is 1.26. The van der Waals surface area contributed by atoms with Crippen LogP contribution in [0.25, 0.3) is 0 Å². The molecule has 2 saturated carbocycles. The summed E-state index contributed by atoms with van der Waals surface area (Å²) in [5, 5.41) is 9.85. The molecule has 3 aliphatic rings. The number of anilines is 1. The van der Waals surface area contributed by atoms with Crippen molar-refractivity contribution in [3.8, 4) is 0 Å². The van der Waals surface area contributed by atoms with Gasteiger partial charge in [0.1, 0.15) is 17.6 Å². The minimum Gasteiger partial charge on any atom is -0.340 e. The minimum absolute atomic E-state index is 0.0500. The number of halogens is 4. The van der Waals surface area contributed by atoms with Gasteiger partial charge in [0, 0.05) is 38.4 Å². The molecule has 13 heteroatoms. The van der Waals surface area contributed by atoms with Crippen molar-refractivity contribution in [2.75, 3.05) is 38.0 Å². The molecule has 5 rings (SSSR count). The first-order valence-corrected chi connectivity index (χ1v) is 15.3. The topological polar surface area (TPSA) is 99.6 Å². The van der Waals surface area contributed by atoms with Gasteiger partial charge in [0.05, 0.1) is 18.2 Å². The fourth-order valence-corrected chi connectivity index (χ4v) is 6.26. The number of benzene rings is 1. The minimum atomic E-state index is -4.30. The van der Waals surface area contributed by atoms with Crippen LogP contribution in [0.5, 0.6) is 0 Å². The standard InChI is InChI=1S/C31H40F4N6O3/c1-18(2)41-25(10-11-36-41)28(42)38-27(26(20-4-5-20)21-6-7-21)29(43)37-24-9-8-22(16-23(24)32)19(3)30(44)40-14-12-39(13-15-40)17-31(33,34)35/h8-11,16,18-21,26-27H,4-7,12-15,17H2,1-3H3,(H,37,43)(H,38,42)/t19-,27-/m0/s1. The molecule has 0 spiro atoms. The van der Waals surface area contributed by atoms with Gasteiger partial charge in [0.25, 0.3) is 5.91 Å². The van der Waals surface area contributed by atoms with Crippen molar-refractivity contribution in [2.45, 2.75) is 70.6 Å². The third kappa shape index (κ3) is 7.59. The number of nitrogens with one attached hydrogen (secondary N) is 2. The smallest absolute Gasteiger partial charge is 0.340 e. The molecule has 44 heavy (non-hydrogen) atoms. The van der Waals surface area contributed by atoms with Crippen LogP contribution in [0.1, 0.15) is 74.5 Å². The van der Waals surface area contributed by atoms with Gasteiger partial charge in [-0.1, -0.05) is 6.07 Å². The lowest BCUT2D eigenvalue weighted by Gasteiger charge is -2.36. The Hall–Kier alpha value is -3.48. The fourth-order valence-electron chi connectivity index (χ4n) is 6.26. The van der Waals surface area contributed by atoms with Crippen molar-refractivity contribution in [2.24, 2.45) is 17.8 Å². The third-order valence-corrected chi connectivity index (χ3v) is 8.89. The molecule has 3 fully saturated rings. The van der Waals surface area contributed by atoms with E-state index in [1.54, 1.807) is 29.9 Å². The molecule has 1 aromatic heterocycles.